The second kappa shape index (κ2) is 17.0. The monoisotopic (exact) mass is 562 g/mol. The van der Waals surface area contributed by atoms with Crippen LogP contribution in [-0.2, 0) is 39.0 Å². The Hall–Kier alpha value is -0.537. The van der Waals surface area contributed by atoms with E-state index in [1.165, 1.54) is 47.4 Å². The van der Waals surface area contributed by atoms with Crippen molar-refractivity contribution in [1.82, 2.24) is 0 Å². The first-order chi connectivity index (χ1) is 13.8. The van der Waals surface area contributed by atoms with Crippen molar-refractivity contribution < 1.29 is 51.0 Å². The van der Waals surface area contributed by atoms with Gasteiger partial charge in [-0.15, -0.1) is 56.6 Å². The van der Waals surface area contributed by atoms with Crippen molar-refractivity contribution >= 4 is 16.4 Å². The third-order valence-electron chi connectivity index (χ3n) is 4.52. The molecule has 0 saturated carbocycles. The average Bonchev–Trinajstić information content (AvgIpc) is 3.41. The van der Waals surface area contributed by atoms with Gasteiger partial charge in [0.05, 0.1) is 0 Å². The minimum atomic E-state index is 0. The van der Waals surface area contributed by atoms with Crippen LogP contribution in [0.1, 0.15) is 37.3 Å². The maximum absolute atomic E-state index is 3.37. The fourth-order valence-electron chi connectivity index (χ4n) is 3.11. The summed E-state index contributed by atoms with van der Waals surface area (Å²) in [7, 11) is 1.68. The van der Waals surface area contributed by atoms with Gasteiger partial charge in [0.2, 0.25) is 0 Å². The molecule has 2 aromatic heterocycles. The van der Waals surface area contributed by atoms with Gasteiger partial charge in [-0.05, 0) is 0 Å². The minimum absolute atomic E-state index is 0. The summed E-state index contributed by atoms with van der Waals surface area (Å²) in [6.45, 7) is 4.46. The first-order valence-corrected chi connectivity index (χ1v) is 12.1. The molecule has 2 atom stereocenters. The molecule has 0 aliphatic carbocycles. The molecule has 0 bridgehead atoms. The van der Waals surface area contributed by atoms with E-state index >= 15 is 0 Å². The standard InChI is InChI=1S/2C13H14P.2ClH.Zr/c2*1-2-6-12-9-10-13(14-12)11-7-4-3-5-8-11;;;/h2*3-5,7-9,14H,2,6H2,1H3;2*1H;/q2*-1;;;+4/p-2. The van der Waals surface area contributed by atoms with Crippen LogP contribution in [0.3, 0.4) is 0 Å². The van der Waals surface area contributed by atoms with Crippen LogP contribution in [0.15, 0.2) is 72.8 Å². The molecule has 0 N–H and O–H groups in total. The second-order valence-corrected chi connectivity index (χ2v) is 9.64. The molecule has 31 heavy (non-hydrogen) atoms. The van der Waals surface area contributed by atoms with E-state index < -0.39 is 0 Å². The second-order valence-electron chi connectivity index (χ2n) is 6.86. The quantitative estimate of drug-likeness (QED) is 0.316. The summed E-state index contributed by atoms with van der Waals surface area (Å²) in [4.78, 5) is 0. The number of hydrogen-bond acceptors (Lipinski definition) is 0. The molecule has 0 fully saturated rings. The third kappa shape index (κ3) is 9.86. The Morgan fingerprint density at radius 2 is 0.968 bits per heavy atom. The van der Waals surface area contributed by atoms with E-state index in [0.717, 1.165) is 16.4 Å². The van der Waals surface area contributed by atoms with E-state index in [4.69, 9.17) is 0 Å². The van der Waals surface area contributed by atoms with Gasteiger partial charge in [-0.2, -0.15) is 24.3 Å². The van der Waals surface area contributed by atoms with Crippen LogP contribution >= 0.6 is 16.4 Å². The van der Waals surface area contributed by atoms with Gasteiger partial charge >= 0.3 is 26.2 Å². The molecule has 0 radical (unpaired) electrons. The van der Waals surface area contributed by atoms with Gasteiger partial charge in [0.15, 0.2) is 0 Å². The van der Waals surface area contributed by atoms with Crippen LogP contribution in [-0.4, -0.2) is 0 Å². The van der Waals surface area contributed by atoms with Crippen molar-refractivity contribution in [2.45, 2.75) is 39.5 Å². The van der Waals surface area contributed by atoms with E-state index in [1.807, 2.05) is 0 Å². The smallest absolute Gasteiger partial charge is 1.00 e. The Morgan fingerprint density at radius 3 is 1.29 bits per heavy atom. The van der Waals surface area contributed by atoms with Gasteiger partial charge in [0, 0.05) is 0 Å². The van der Waals surface area contributed by atoms with Crippen molar-refractivity contribution in [1.29, 1.82) is 0 Å². The molecule has 160 valence electrons. The number of aryl methyl sites for hydroxylation is 2. The SMILES string of the molecule is CCCc1c[c-]c(-c2ccccc2)[pH]1.CCCc1c[c-]c(-c2ccccc2)[pH]1.[Cl-].[Cl-].[Zr+4]. The molecule has 4 aromatic rings. The summed E-state index contributed by atoms with van der Waals surface area (Å²) in [5.41, 5.74) is 2.65. The Balaban J connectivity index is 0.000000529. The molecule has 0 nitrogen and oxygen atoms in total. The van der Waals surface area contributed by atoms with E-state index in [-0.39, 0.29) is 51.0 Å². The number of benzene rings is 2. The molecule has 2 unspecified atom stereocenters. The van der Waals surface area contributed by atoms with Gasteiger partial charge in [-0.3, -0.25) is 0 Å². The Morgan fingerprint density at radius 1 is 0.613 bits per heavy atom. The molecular formula is C26H28Cl2P2Zr. The summed E-state index contributed by atoms with van der Waals surface area (Å²) in [5, 5.41) is 5.83. The van der Waals surface area contributed by atoms with Gasteiger partial charge in [0.1, 0.15) is 0 Å². The summed E-state index contributed by atoms with van der Waals surface area (Å²) < 4.78 is 0. The topological polar surface area (TPSA) is 0 Å². The van der Waals surface area contributed by atoms with Crippen molar-refractivity contribution in [3.05, 3.63) is 95.5 Å². The number of rotatable bonds is 6. The molecule has 4 rings (SSSR count). The van der Waals surface area contributed by atoms with E-state index in [9.17, 15) is 0 Å². The number of halogens is 2. The van der Waals surface area contributed by atoms with Gasteiger partial charge in [-0.25, -0.2) is 16.4 Å². The Kier molecular flexibility index (Phi) is 16.7. The average molecular weight is 565 g/mol. The fourth-order valence-corrected chi connectivity index (χ4v) is 5.70. The Bertz CT molecular complexity index is 870. The van der Waals surface area contributed by atoms with Crippen LogP contribution in [0.2, 0.25) is 0 Å². The van der Waals surface area contributed by atoms with E-state index in [0.29, 0.717) is 0 Å². The molecule has 5 heteroatoms. The molecular weight excluding hydrogens is 536 g/mol. The van der Waals surface area contributed by atoms with Crippen LogP contribution < -0.4 is 24.8 Å². The van der Waals surface area contributed by atoms with Gasteiger partial charge in [0.25, 0.3) is 0 Å². The zero-order valence-corrected chi connectivity index (χ0v) is 24.0. The molecule has 0 amide bonds. The summed E-state index contributed by atoms with van der Waals surface area (Å²) >= 11 is 0. The number of hydrogen-bond donors (Lipinski definition) is 0. The van der Waals surface area contributed by atoms with Crippen molar-refractivity contribution in [3.8, 4) is 21.7 Å². The van der Waals surface area contributed by atoms with Crippen LogP contribution in [0, 0.1) is 12.1 Å². The summed E-state index contributed by atoms with van der Waals surface area (Å²) in [6, 6.07) is 32.2. The minimum Gasteiger partial charge on any atom is -1.00 e. The molecule has 0 saturated heterocycles. The zero-order chi connectivity index (χ0) is 19.6. The van der Waals surface area contributed by atoms with Gasteiger partial charge in [-0.1, -0.05) is 75.9 Å². The van der Waals surface area contributed by atoms with Gasteiger partial charge < -0.3 is 24.8 Å². The summed E-state index contributed by atoms with van der Waals surface area (Å²) in [5.74, 6) is 0. The third-order valence-corrected chi connectivity index (χ3v) is 7.31. The van der Waals surface area contributed by atoms with E-state index in [2.05, 4.69) is 98.8 Å². The maximum Gasteiger partial charge on any atom is 4.00 e. The molecule has 2 heterocycles. The van der Waals surface area contributed by atoms with Crippen molar-refractivity contribution in [2.24, 2.45) is 0 Å². The van der Waals surface area contributed by atoms with E-state index in [1.54, 1.807) is 10.6 Å². The molecule has 0 spiro atoms. The maximum atomic E-state index is 3.37. The molecule has 0 aliphatic rings. The predicted molar refractivity (Wildman–Crippen MR) is 128 cm³/mol. The van der Waals surface area contributed by atoms with Crippen molar-refractivity contribution in [3.63, 3.8) is 0 Å². The molecule has 0 aliphatic heterocycles. The van der Waals surface area contributed by atoms with Crippen LogP contribution in [0.25, 0.3) is 21.7 Å². The first-order valence-electron chi connectivity index (χ1n) is 10.1. The first kappa shape index (κ1) is 30.5. The largest absolute Gasteiger partial charge is 4.00 e. The van der Waals surface area contributed by atoms with Crippen LogP contribution in [0.5, 0.6) is 0 Å². The van der Waals surface area contributed by atoms with Crippen LogP contribution in [0.4, 0.5) is 0 Å². The zero-order valence-electron chi connectivity index (χ0n) is 18.0. The Labute approximate surface area is 222 Å². The normalized spacial score (nSPS) is 9.87. The summed E-state index contributed by atoms with van der Waals surface area (Å²) in [6.07, 6.45) is 4.93. The van der Waals surface area contributed by atoms with Crippen molar-refractivity contribution in [2.75, 3.05) is 0 Å². The predicted octanol–water partition coefficient (Wildman–Crippen LogP) is 2.28. The fraction of sp³-hybridized carbons (Fsp3) is 0.231. The molecule has 2 aromatic carbocycles.